The van der Waals surface area contributed by atoms with Crippen LogP contribution in [0.15, 0.2) is 0 Å². The second kappa shape index (κ2) is 5.25. The molecule has 0 atom stereocenters. The average Bonchev–Trinajstić information content (AvgIpc) is 2.01. The van der Waals surface area contributed by atoms with E-state index >= 15 is 0 Å². The first kappa shape index (κ1) is 12.5. The maximum absolute atomic E-state index is 11.3. The Bertz CT molecular complexity index is 159. The highest BCUT2D eigenvalue weighted by atomic mass is 16.5. The average molecular weight is 186 g/mol. The van der Waals surface area contributed by atoms with Crippen molar-refractivity contribution in [3.05, 3.63) is 0 Å². The van der Waals surface area contributed by atoms with Crippen molar-refractivity contribution in [2.75, 3.05) is 7.11 Å². The molecule has 0 radical (unpaired) electrons. The highest BCUT2D eigenvalue weighted by molar-refractivity contribution is 5.75. The number of hydrogen-bond acceptors (Lipinski definition) is 2. The molecular weight excluding hydrogens is 164 g/mol. The Balaban J connectivity index is 3.82. The molecule has 0 aromatic carbocycles. The molecule has 0 aromatic rings. The zero-order valence-corrected chi connectivity index (χ0v) is 9.52. The Morgan fingerprint density at radius 2 is 1.92 bits per heavy atom. The minimum absolute atomic E-state index is 0.101. The van der Waals surface area contributed by atoms with Gasteiger partial charge in [-0.3, -0.25) is 4.79 Å². The van der Waals surface area contributed by atoms with Crippen molar-refractivity contribution >= 4 is 5.97 Å². The number of methoxy groups -OCH3 is 1. The van der Waals surface area contributed by atoms with Crippen LogP contribution in [0, 0.1) is 11.3 Å². The van der Waals surface area contributed by atoms with Gasteiger partial charge in [0.1, 0.15) is 0 Å². The highest BCUT2D eigenvalue weighted by Gasteiger charge is 2.27. The molecule has 0 spiro atoms. The van der Waals surface area contributed by atoms with Crippen molar-refractivity contribution in [3.63, 3.8) is 0 Å². The van der Waals surface area contributed by atoms with E-state index in [4.69, 9.17) is 4.74 Å². The predicted octanol–water partition coefficient (Wildman–Crippen LogP) is 3.01. The molecule has 0 aromatic heterocycles. The first-order chi connectivity index (χ1) is 5.90. The van der Waals surface area contributed by atoms with Crippen LogP contribution >= 0.6 is 0 Å². The highest BCUT2D eigenvalue weighted by Crippen LogP contribution is 2.25. The van der Waals surface area contributed by atoms with Gasteiger partial charge in [0.05, 0.1) is 12.5 Å². The molecule has 0 aliphatic carbocycles. The van der Waals surface area contributed by atoms with Crippen LogP contribution in [-0.4, -0.2) is 13.1 Å². The van der Waals surface area contributed by atoms with Crippen LogP contribution in [0.3, 0.4) is 0 Å². The number of esters is 1. The minimum atomic E-state index is -0.316. The Morgan fingerprint density at radius 1 is 1.38 bits per heavy atom. The molecule has 78 valence electrons. The molecule has 0 bridgehead atoms. The first-order valence-electron chi connectivity index (χ1n) is 4.98. The van der Waals surface area contributed by atoms with Gasteiger partial charge in [0.25, 0.3) is 0 Å². The quantitative estimate of drug-likeness (QED) is 0.617. The Morgan fingerprint density at radius 3 is 2.31 bits per heavy atom. The van der Waals surface area contributed by atoms with Gasteiger partial charge >= 0.3 is 5.97 Å². The normalized spacial score (nSPS) is 11.8. The molecule has 2 nitrogen and oxygen atoms in total. The maximum atomic E-state index is 11.3. The van der Waals surface area contributed by atoms with E-state index in [1.807, 2.05) is 13.8 Å². The zero-order valence-electron chi connectivity index (χ0n) is 9.52. The molecule has 0 N–H and O–H groups in total. The van der Waals surface area contributed by atoms with Crippen molar-refractivity contribution in [1.82, 2.24) is 0 Å². The summed E-state index contributed by atoms with van der Waals surface area (Å²) in [6.45, 7) is 8.29. The lowest BCUT2D eigenvalue weighted by Gasteiger charge is -2.21. The third-order valence-electron chi connectivity index (χ3n) is 2.32. The van der Waals surface area contributed by atoms with Crippen LogP contribution in [0.5, 0.6) is 0 Å². The maximum Gasteiger partial charge on any atom is 0.311 e. The largest absolute Gasteiger partial charge is 0.469 e. The van der Waals surface area contributed by atoms with E-state index in [-0.39, 0.29) is 11.4 Å². The second-order valence-corrected chi connectivity index (χ2v) is 4.66. The van der Waals surface area contributed by atoms with Gasteiger partial charge in [0, 0.05) is 0 Å². The summed E-state index contributed by atoms with van der Waals surface area (Å²) in [5.74, 6) is 0.615. The Labute approximate surface area is 81.7 Å². The van der Waals surface area contributed by atoms with E-state index in [1.54, 1.807) is 0 Å². The van der Waals surface area contributed by atoms with Gasteiger partial charge < -0.3 is 4.74 Å². The summed E-state index contributed by atoms with van der Waals surface area (Å²) < 4.78 is 4.73. The predicted molar refractivity (Wildman–Crippen MR) is 54.5 cm³/mol. The van der Waals surface area contributed by atoms with Gasteiger partial charge in [-0.1, -0.05) is 26.7 Å². The SMILES string of the molecule is COC(=O)C(C)(C)CCCC(C)C. The third-order valence-corrected chi connectivity index (χ3v) is 2.32. The number of ether oxygens (including phenoxy) is 1. The van der Waals surface area contributed by atoms with Crippen LogP contribution in [-0.2, 0) is 9.53 Å². The smallest absolute Gasteiger partial charge is 0.311 e. The topological polar surface area (TPSA) is 26.3 Å². The number of hydrogen-bond donors (Lipinski definition) is 0. The lowest BCUT2D eigenvalue weighted by atomic mass is 9.86. The van der Waals surface area contributed by atoms with Gasteiger partial charge in [-0.2, -0.15) is 0 Å². The van der Waals surface area contributed by atoms with E-state index in [0.717, 1.165) is 12.8 Å². The van der Waals surface area contributed by atoms with E-state index in [2.05, 4.69) is 13.8 Å². The van der Waals surface area contributed by atoms with E-state index in [9.17, 15) is 4.79 Å². The molecule has 0 unspecified atom stereocenters. The summed E-state index contributed by atoms with van der Waals surface area (Å²) in [5.41, 5.74) is -0.316. The van der Waals surface area contributed by atoms with Gasteiger partial charge in [0.2, 0.25) is 0 Å². The fraction of sp³-hybridized carbons (Fsp3) is 0.909. The summed E-state index contributed by atoms with van der Waals surface area (Å²) in [4.78, 5) is 11.3. The molecule has 2 heteroatoms. The van der Waals surface area contributed by atoms with Crippen molar-refractivity contribution < 1.29 is 9.53 Å². The van der Waals surface area contributed by atoms with Crippen LogP contribution in [0.25, 0.3) is 0 Å². The summed E-state index contributed by atoms with van der Waals surface area (Å²) in [6.07, 6.45) is 3.19. The van der Waals surface area contributed by atoms with E-state index in [1.165, 1.54) is 13.5 Å². The molecule has 0 fully saturated rings. The molecule has 0 amide bonds. The Hall–Kier alpha value is -0.530. The number of carbonyl (C=O) groups excluding carboxylic acids is 1. The summed E-state index contributed by atoms with van der Waals surface area (Å²) in [5, 5.41) is 0. The van der Waals surface area contributed by atoms with Crippen molar-refractivity contribution in [2.24, 2.45) is 11.3 Å². The molecule has 0 aliphatic heterocycles. The summed E-state index contributed by atoms with van der Waals surface area (Å²) in [6, 6.07) is 0. The number of carbonyl (C=O) groups is 1. The molecule has 0 saturated carbocycles. The van der Waals surface area contributed by atoms with Crippen LogP contribution in [0.2, 0.25) is 0 Å². The number of rotatable bonds is 5. The standard InChI is InChI=1S/C11H22O2/c1-9(2)7-6-8-11(3,4)10(12)13-5/h9H,6-8H2,1-5H3. The van der Waals surface area contributed by atoms with E-state index in [0.29, 0.717) is 5.92 Å². The van der Waals surface area contributed by atoms with Gasteiger partial charge in [-0.15, -0.1) is 0 Å². The van der Waals surface area contributed by atoms with Crippen molar-refractivity contribution in [3.8, 4) is 0 Å². The van der Waals surface area contributed by atoms with Crippen molar-refractivity contribution in [1.29, 1.82) is 0 Å². The molecule has 0 aliphatic rings. The van der Waals surface area contributed by atoms with Gasteiger partial charge in [-0.05, 0) is 26.2 Å². The van der Waals surface area contributed by atoms with Crippen LogP contribution in [0.1, 0.15) is 47.0 Å². The molecule has 0 heterocycles. The monoisotopic (exact) mass is 186 g/mol. The molecule has 0 saturated heterocycles. The van der Waals surface area contributed by atoms with Gasteiger partial charge in [-0.25, -0.2) is 0 Å². The summed E-state index contributed by atoms with van der Waals surface area (Å²) >= 11 is 0. The third kappa shape index (κ3) is 4.91. The van der Waals surface area contributed by atoms with E-state index < -0.39 is 0 Å². The Kier molecular flexibility index (Phi) is 5.04. The molecular formula is C11H22O2. The first-order valence-corrected chi connectivity index (χ1v) is 4.98. The molecule has 13 heavy (non-hydrogen) atoms. The van der Waals surface area contributed by atoms with Crippen LogP contribution < -0.4 is 0 Å². The van der Waals surface area contributed by atoms with Gasteiger partial charge in [0.15, 0.2) is 0 Å². The van der Waals surface area contributed by atoms with Crippen LogP contribution in [0.4, 0.5) is 0 Å². The minimum Gasteiger partial charge on any atom is -0.469 e. The summed E-state index contributed by atoms with van der Waals surface area (Å²) in [7, 11) is 1.45. The lowest BCUT2D eigenvalue weighted by molar-refractivity contribution is -0.151. The molecule has 0 rings (SSSR count). The zero-order chi connectivity index (χ0) is 10.5. The van der Waals surface area contributed by atoms with Crippen molar-refractivity contribution in [2.45, 2.75) is 47.0 Å². The lowest BCUT2D eigenvalue weighted by Crippen LogP contribution is -2.25. The fourth-order valence-corrected chi connectivity index (χ4v) is 1.33. The fourth-order valence-electron chi connectivity index (χ4n) is 1.33. The second-order valence-electron chi connectivity index (χ2n) is 4.66.